The normalized spacial score (nSPS) is 11.8. The van der Waals surface area contributed by atoms with Crippen LogP contribution in [-0.4, -0.2) is 38.7 Å². The lowest BCUT2D eigenvalue weighted by molar-refractivity contribution is -0.904. The van der Waals surface area contributed by atoms with Crippen molar-refractivity contribution in [3.05, 3.63) is 125 Å². The third-order valence-corrected chi connectivity index (χ3v) is 7.00. The Balaban J connectivity index is 1.44. The zero-order valence-corrected chi connectivity index (χ0v) is 22.2. The lowest BCUT2D eigenvalue weighted by atomic mass is 10.0. The Morgan fingerprint density at radius 1 is 0.923 bits per heavy atom. The van der Waals surface area contributed by atoms with Crippen molar-refractivity contribution in [3.8, 4) is 28.2 Å². The van der Waals surface area contributed by atoms with Gasteiger partial charge in [-0.2, -0.15) is 5.10 Å². The molecule has 0 fully saturated rings. The number of amides is 1. The number of hydrogen-bond donors (Lipinski definition) is 3. The van der Waals surface area contributed by atoms with Crippen LogP contribution >= 0.6 is 23.2 Å². The molecular weight excluding hydrogens is 535 g/mol. The predicted octanol–water partition coefficient (Wildman–Crippen LogP) is 5.37. The van der Waals surface area contributed by atoms with Crippen LogP contribution in [0, 0.1) is 0 Å². The van der Waals surface area contributed by atoms with E-state index in [0.717, 1.165) is 21.6 Å². The van der Waals surface area contributed by atoms with Gasteiger partial charge in [-0.05, 0) is 54.4 Å². The first-order chi connectivity index (χ1) is 18.9. The van der Waals surface area contributed by atoms with E-state index in [1.54, 1.807) is 41.2 Å². The van der Waals surface area contributed by atoms with Crippen molar-refractivity contribution >= 4 is 29.1 Å². The molecule has 196 valence electrons. The molecule has 5 rings (SSSR count). The Kier molecular flexibility index (Phi) is 7.93. The second kappa shape index (κ2) is 11.7. The number of halogens is 2. The summed E-state index contributed by atoms with van der Waals surface area (Å²) in [6.45, 7) is -0.169. The molecule has 7 nitrogen and oxygen atoms in total. The molecule has 0 radical (unpaired) electrons. The summed E-state index contributed by atoms with van der Waals surface area (Å²) >= 11 is 12.4. The first kappa shape index (κ1) is 26.4. The maximum Gasteiger partial charge on any atom is 0.251 e. The van der Waals surface area contributed by atoms with Gasteiger partial charge in [0, 0.05) is 21.9 Å². The van der Waals surface area contributed by atoms with Crippen LogP contribution in [0.4, 0.5) is 0 Å². The molecule has 39 heavy (non-hydrogen) atoms. The highest BCUT2D eigenvalue weighted by Crippen LogP contribution is 2.31. The number of aliphatic hydroxyl groups excluding tert-OH is 1. The Morgan fingerprint density at radius 3 is 2.38 bits per heavy atom. The van der Waals surface area contributed by atoms with Gasteiger partial charge in [0.15, 0.2) is 0 Å². The van der Waals surface area contributed by atoms with Gasteiger partial charge in [-0.3, -0.25) is 10.0 Å². The summed E-state index contributed by atoms with van der Waals surface area (Å²) in [5.41, 5.74) is 5.11. The zero-order valence-electron chi connectivity index (χ0n) is 20.7. The molecule has 2 aromatic heterocycles. The molecule has 3 N–H and O–H groups in total. The molecule has 9 heteroatoms. The van der Waals surface area contributed by atoms with Gasteiger partial charge in [0.05, 0.1) is 45.3 Å². The smallest absolute Gasteiger partial charge is 0.251 e. The van der Waals surface area contributed by atoms with Gasteiger partial charge in [0.1, 0.15) is 0 Å². The number of nitrogens with one attached hydrogen (secondary N) is 1. The van der Waals surface area contributed by atoms with Crippen LogP contribution in [0.5, 0.6) is 0 Å². The number of aromatic nitrogens is 3. The van der Waals surface area contributed by atoms with E-state index in [2.05, 4.69) is 5.32 Å². The minimum atomic E-state index is -0.404. The van der Waals surface area contributed by atoms with Gasteiger partial charge < -0.3 is 10.4 Å². The molecule has 3 aromatic carbocycles. The predicted molar refractivity (Wildman–Crippen MR) is 150 cm³/mol. The fraction of sp³-hybridized carbons (Fsp3) is 0.100. The third kappa shape index (κ3) is 6.12. The van der Waals surface area contributed by atoms with Crippen molar-refractivity contribution in [2.24, 2.45) is 0 Å². The van der Waals surface area contributed by atoms with Crippen LogP contribution in [0.1, 0.15) is 15.9 Å². The molecule has 0 aliphatic heterocycles. The summed E-state index contributed by atoms with van der Waals surface area (Å²) in [6.07, 6.45) is 3.61. The van der Waals surface area contributed by atoms with Crippen molar-refractivity contribution < 1.29 is 19.8 Å². The van der Waals surface area contributed by atoms with E-state index in [4.69, 9.17) is 28.3 Å². The molecule has 0 saturated carbocycles. The van der Waals surface area contributed by atoms with E-state index < -0.39 is 6.04 Å². The Morgan fingerprint density at radius 2 is 1.69 bits per heavy atom. The highest BCUT2D eigenvalue weighted by atomic mass is 35.5. The fourth-order valence-corrected chi connectivity index (χ4v) is 4.57. The Hall–Kier alpha value is -4.17. The van der Waals surface area contributed by atoms with Crippen molar-refractivity contribution in [1.29, 1.82) is 0 Å². The number of rotatable bonds is 8. The van der Waals surface area contributed by atoms with E-state index in [-0.39, 0.29) is 12.5 Å². The highest BCUT2D eigenvalue weighted by Gasteiger charge is 2.18. The monoisotopic (exact) mass is 559 g/mol. The van der Waals surface area contributed by atoms with Crippen LogP contribution < -0.4 is 10.0 Å². The minimum absolute atomic E-state index is 0.169. The van der Waals surface area contributed by atoms with E-state index in [1.165, 1.54) is 6.20 Å². The Labute approximate surface area is 235 Å². The lowest BCUT2D eigenvalue weighted by Gasteiger charge is -2.16. The number of benzene rings is 3. The summed E-state index contributed by atoms with van der Waals surface area (Å²) in [4.78, 5) is 12.9. The van der Waals surface area contributed by atoms with Gasteiger partial charge in [-0.1, -0.05) is 65.7 Å². The number of carbonyl (C=O) groups excluding carboxylic acids is 1. The van der Waals surface area contributed by atoms with Crippen LogP contribution in [0.2, 0.25) is 10.0 Å². The quantitative estimate of drug-likeness (QED) is 0.176. The summed E-state index contributed by atoms with van der Waals surface area (Å²) < 4.78 is 2.71. The van der Waals surface area contributed by atoms with Crippen LogP contribution in [0.3, 0.4) is 0 Å². The summed E-state index contributed by atoms with van der Waals surface area (Å²) in [6, 6.07) is 27.2. The molecule has 0 unspecified atom stereocenters. The fourth-order valence-electron chi connectivity index (χ4n) is 4.28. The molecule has 5 aromatic rings. The number of aliphatic hydroxyl groups is 1. The molecule has 1 amide bonds. The first-order valence-electron chi connectivity index (χ1n) is 12.2. The molecular formula is C30H25Cl2N4O3+. The van der Waals surface area contributed by atoms with E-state index in [0.29, 0.717) is 39.0 Å². The molecule has 2 heterocycles. The average Bonchev–Trinajstić information content (AvgIpc) is 3.40. The minimum Gasteiger partial charge on any atom is -0.394 e. The maximum atomic E-state index is 12.9. The summed E-state index contributed by atoms with van der Waals surface area (Å²) in [5.74, 6) is -0.271. The highest BCUT2D eigenvalue weighted by molar-refractivity contribution is 6.42. The number of hydrogen-bond acceptors (Lipinski definition) is 4. The zero-order chi connectivity index (χ0) is 27.4. The summed E-state index contributed by atoms with van der Waals surface area (Å²) in [5, 5.41) is 28.2. The van der Waals surface area contributed by atoms with E-state index in [9.17, 15) is 15.1 Å². The van der Waals surface area contributed by atoms with Crippen LogP contribution in [-0.2, 0) is 6.42 Å². The van der Waals surface area contributed by atoms with Crippen LogP contribution in [0.25, 0.3) is 28.2 Å². The standard InChI is InChI=1S/C30H24Cl2N4O3/c31-26-13-12-25(16-27(26)32)36-29(17-28(34-36)23-7-4-14-35(39)18-23)21-8-10-22(11-9-21)30(38)33-24(19-37)15-20-5-2-1-3-6-20/h1-14,16-18,24,37H,15,19H2,(H-,33,38,39)/p+1/t24-/m0/s1. The van der Waals surface area contributed by atoms with Gasteiger partial charge >= 0.3 is 0 Å². The molecule has 0 bridgehead atoms. The summed E-state index contributed by atoms with van der Waals surface area (Å²) in [7, 11) is 0. The maximum absolute atomic E-state index is 12.9. The lowest BCUT2D eigenvalue weighted by Crippen LogP contribution is -2.39. The SMILES string of the molecule is O=C(N[C@H](CO)Cc1ccccc1)c1ccc(-c2cc(-c3ccc[n+](O)c3)nn2-c2ccc(Cl)c(Cl)c2)cc1. The van der Waals surface area contributed by atoms with Gasteiger partial charge in [-0.15, -0.1) is 0 Å². The largest absolute Gasteiger partial charge is 0.394 e. The topological polar surface area (TPSA) is 91.3 Å². The van der Waals surface area contributed by atoms with Gasteiger partial charge in [0.2, 0.25) is 12.4 Å². The van der Waals surface area contributed by atoms with Crippen molar-refractivity contribution in [2.45, 2.75) is 12.5 Å². The average molecular weight is 560 g/mol. The van der Waals surface area contributed by atoms with Gasteiger partial charge in [-0.25, -0.2) is 4.68 Å². The third-order valence-electron chi connectivity index (χ3n) is 6.26. The molecule has 1 atom stereocenters. The molecule has 0 aliphatic rings. The van der Waals surface area contributed by atoms with Crippen LogP contribution in [0.15, 0.2) is 103 Å². The van der Waals surface area contributed by atoms with E-state index in [1.807, 2.05) is 60.7 Å². The second-order valence-electron chi connectivity index (χ2n) is 9.02. The van der Waals surface area contributed by atoms with Crippen molar-refractivity contribution in [3.63, 3.8) is 0 Å². The second-order valence-corrected chi connectivity index (χ2v) is 9.83. The molecule has 0 aliphatic carbocycles. The van der Waals surface area contributed by atoms with E-state index >= 15 is 0 Å². The molecule has 0 spiro atoms. The molecule has 0 saturated heterocycles. The van der Waals surface area contributed by atoms with Gasteiger partial charge in [0.25, 0.3) is 5.91 Å². The first-order valence-corrected chi connectivity index (χ1v) is 13.0. The number of nitrogens with zero attached hydrogens (tertiary/aromatic N) is 3. The number of carbonyl (C=O) groups is 1. The number of pyridine rings is 1. The van der Waals surface area contributed by atoms with Crippen molar-refractivity contribution in [1.82, 2.24) is 15.1 Å². The van der Waals surface area contributed by atoms with Crippen molar-refractivity contribution in [2.75, 3.05) is 6.61 Å². The Bertz CT molecular complexity index is 1600.